The van der Waals surface area contributed by atoms with Crippen LogP contribution in [0, 0.1) is 0 Å². The van der Waals surface area contributed by atoms with Gasteiger partial charge in [-0.15, -0.1) is 0 Å². The monoisotopic (exact) mass is 423 g/mol. The summed E-state index contributed by atoms with van der Waals surface area (Å²) in [5, 5.41) is 3.08. The number of rotatable bonds is 7. The number of morpholine rings is 1. The number of nitrogens with one attached hydrogen (secondary N) is 1. The van der Waals surface area contributed by atoms with Crippen molar-refractivity contribution in [2.45, 2.75) is 25.5 Å². The minimum Gasteiger partial charge on any atom is -0.479 e. The highest BCUT2D eigenvalue weighted by Gasteiger charge is 2.31. The normalized spacial score (nSPS) is 20.0. The SMILES string of the molecule is CC1Oc2ccccc2N(CCC(=O)NCC(c2ccccc2)N2CCOCC2)C1=O. The van der Waals surface area contributed by atoms with Crippen molar-refractivity contribution in [1.82, 2.24) is 10.2 Å². The molecule has 0 aliphatic carbocycles. The van der Waals surface area contributed by atoms with Gasteiger partial charge < -0.3 is 19.7 Å². The Bertz CT molecular complexity index is 899. The van der Waals surface area contributed by atoms with Gasteiger partial charge in [0, 0.05) is 32.6 Å². The van der Waals surface area contributed by atoms with Crippen LogP contribution >= 0.6 is 0 Å². The molecule has 2 aliphatic heterocycles. The first-order valence-corrected chi connectivity index (χ1v) is 10.8. The summed E-state index contributed by atoms with van der Waals surface area (Å²) in [6.45, 7) is 5.66. The first kappa shape index (κ1) is 21.3. The molecule has 2 heterocycles. The molecule has 0 spiro atoms. The predicted molar refractivity (Wildman–Crippen MR) is 118 cm³/mol. The lowest BCUT2D eigenvalue weighted by atomic mass is 10.0. The maximum Gasteiger partial charge on any atom is 0.267 e. The van der Waals surface area contributed by atoms with E-state index in [1.54, 1.807) is 11.8 Å². The van der Waals surface area contributed by atoms with Crippen LogP contribution < -0.4 is 15.0 Å². The van der Waals surface area contributed by atoms with Gasteiger partial charge in [0.2, 0.25) is 5.91 Å². The molecule has 2 unspecified atom stereocenters. The lowest BCUT2D eigenvalue weighted by Crippen LogP contribution is -2.46. The molecule has 0 bridgehead atoms. The van der Waals surface area contributed by atoms with Gasteiger partial charge in [-0.25, -0.2) is 0 Å². The molecule has 0 aromatic heterocycles. The van der Waals surface area contributed by atoms with Crippen molar-refractivity contribution in [3.05, 3.63) is 60.2 Å². The minimum absolute atomic E-state index is 0.0707. The van der Waals surface area contributed by atoms with Gasteiger partial charge in [-0.05, 0) is 24.6 Å². The molecule has 0 radical (unpaired) electrons. The van der Waals surface area contributed by atoms with Gasteiger partial charge >= 0.3 is 0 Å². The highest BCUT2D eigenvalue weighted by Crippen LogP contribution is 2.33. The molecular formula is C24H29N3O4. The number of amides is 2. The van der Waals surface area contributed by atoms with E-state index in [9.17, 15) is 9.59 Å². The molecule has 7 heteroatoms. The van der Waals surface area contributed by atoms with Crippen molar-refractivity contribution in [2.75, 3.05) is 44.3 Å². The lowest BCUT2D eigenvalue weighted by molar-refractivity contribution is -0.125. The van der Waals surface area contributed by atoms with E-state index in [4.69, 9.17) is 9.47 Å². The number of carbonyl (C=O) groups excluding carboxylic acids is 2. The number of nitrogens with zero attached hydrogens (tertiary/aromatic N) is 2. The molecule has 2 aromatic rings. The van der Waals surface area contributed by atoms with Crippen LogP contribution in [0.25, 0.3) is 0 Å². The zero-order valence-electron chi connectivity index (χ0n) is 17.8. The van der Waals surface area contributed by atoms with Crippen LogP contribution in [0.15, 0.2) is 54.6 Å². The summed E-state index contributed by atoms with van der Waals surface area (Å²) in [5.74, 6) is 0.479. The van der Waals surface area contributed by atoms with E-state index in [1.807, 2.05) is 42.5 Å². The van der Waals surface area contributed by atoms with Crippen molar-refractivity contribution in [1.29, 1.82) is 0 Å². The molecular weight excluding hydrogens is 394 g/mol. The maximum absolute atomic E-state index is 12.7. The van der Waals surface area contributed by atoms with Crippen LogP contribution in [-0.2, 0) is 14.3 Å². The fourth-order valence-corrected chi connectivity index (χ4v) is 4.12. The van der Waals surface area contributed by atoms with Crippen LogP contribution in [0.4, 0.5) is 5.69 Å². The first-order chi connectivity index (χ1) is 15.1. The number of benzene rings is 2. The Morgan fingerprint density at radius 2 is 1.81 bits per heavy atom. The van der Waals surface area contributed by atoms with Gasteiger partial charge in [-0.2, -0.15) is 0 Å². The van der Waals surface area contributed by atoms with Crippen molar-refractivity contribution in [3.63, 3.8) is 0 Å². The predicted octanol–water partition coefficient (Wildman–Crippen LogP) is 2.38. The third-order valence-corrected chi connectivity index (χ3v) is 5.80. The molecule has 2 amide bonds. The van der Waals surface area contributed by atoms with Gasteiger partial charge in [-0.3, -0.25) is 14.5 Å². The number of para-hydroxylation sites is 2. The molecule has 164 valence electrons. The summed E-state index contributed by atoms with van der Waals surface area (Å²) < 4.78 is 11.2. The second kappa shape index (κ2) is 9.94. The topological polar surface area (TPSA) is 71.1 Å². The third kappa shape index (κ3) is 5.06. The number of carbonyl (C=O) groups is 2. The Labute approximate surface area is 182 Å². The zero-order chi connectivity index (χ0) is 21.6. The summed E-state index contributed by atoms with van der Waals surface area (Å²) in [4.78, 5) is 29.3. The lowest BCUT2D eigenvalue weighted by Gasteiger charge is -2.35. The van der Waals surface area contributed by atoms with Gasteiger partial charge in [-0.1, -0.05) is 42.5 Å². The molecule has 7 nitrogen and oxygen atoms in total. The largest absolute Gasteiger partial charge is 0.479 e. The quantitative estimate of drug-likeness (QED) is 0.741. The Balaban J connectivity index is 1.37. The Morgan fingerprint density at radius 3 is 2.58 bits per heavy atom. The second-order valence-electron chi connectivity index (χ2n) is 7.85. The average molecular weight is 424 g/mol. The van der Waals surface area contributed by atoms with Gasteiger partial charge in [0.05, 0.1) is 24.9 Å². The fourth-order valence-electron chi connectivity index (χ4n) is 4.12. The van der Waals surface area contributed by atoms with Gasteiger partial charge in [0.1, 0.15) is 5.75 Å². The van der Waals surface area contributed by atoms with E-state index in [1.165, 1.54) is 5.56 Å². The molecule has 1 fully saturated rings. The molecule has 31 heavy (non-hydrogen) atoms. The van der Waals surface area contributed by atoms with Crippen LogP contribution in [0.5, 0.6) is 5.75 Å². The summed E-state index contributed by atoms with van der Waals surface area (Å²) >= 11 is 0. The van der Waals surface area contributed by atoms with Crippen molar-refractivity contribution < 1.29 is 19.1 Å². The number of fused-ring (bicyclic) bond motifs is 1. The van der Waals surface area contributed by atoms with E-state index >= 15 is 0 Å². The maximum atomic E-state index is 12.7. The Morgan fingerprint density at radius 1 is 1.10 bits per heavy atom. The zero-order valence-corrected chi connectivity index (χ0v) is 17.8. The third-order valence-electron chi connectivity index (χ3n) is 5.80. The molecule has 1 saturated heterocycles. The van der Waals surface area contributed by atoms with Crippen LogP contribution in [0.3, 0.4) is 0 Å². The Hall–Kier alpha value is -2.90. The summed E-state index contributed by atoms with van der Waals surface area (Å²) in [6.07, 6.45) is -0.320. The first-order valence-electron chi connectivity index (χ1n) is 10.8. The average Bonchev–Trinajstić information content (AvgIpc) is 2.81. The highest BCUT2D eigenvalue weighted by molar-refractivity contribution is 6.00. The summed E-state index contributed by atoms with van der Waals surface area (Å²) in [7, 11) is 0. The van der Waals surface area contributed by atoms with Crippen LogP contribution in [0.2, 0.25) is 0 Å². The minimum atomic E-state index is -0.554. The van der Waals surface area contributed by atoms with Gasteiger partial charge in [0.15, 0.2) is 6.10 Å². The van der Waals surface area contributed by atoms with Crippen LogP contribution in [-0.4, -0.2) is 62.2 Å². The number of hydrogen-bond acceptors (Lipinski definition) is 5. The molecule has 0 saturated carbocycles. The van der Waals surface area contributed by atoms with E-state index in [0.717, 1.165) is 13.1 Å². The smallest absolute Gasteiger partial charge is 0.267 e. The molecule has 2 atom stereocenters. The summed E-state index contributed by atoms with van der Waals surface area (Å²) in [5.41, 5.74) is 1.89. The standard InChI is InChI=1S/C24H29N3O4/c1-18-24(29)27(20-9-5-6-10-22(20)31-18)12-11-23(28)25-17-21(19-7-3-2-4-8-19)26-13-15-30-16-14-26/h2-10,18,21H,11-17H2,1H3,(H,25,28). The fraction of sp³-hybridized carbons (Fsp3) is 0.417. The van der Waals surface area contributed by atoms with Crippen molar-refractivity contribution in [2.24, 2.45) is 0 Å². The van der Waals surface area contributed by atoms with Gasteiger partial charge in [0.25, 0.3) is 5.91 Å². The van der Waals surface area contributed by atoms with E-state index in [-0.39, 0.29) is 24.3 Å². The number of hydrogen-bond donors (Lipinski definition) is 1. The summed E-state index contributed by atoms with van der Waals surface area (Å²) in [6, 6.07) is 17.8. The Kier molecular flexibility index (Phi) is 6.84. The molecule has 2 aliphatic rings. The van der Waals surface area contributed by atoms with E-state index in [2.05, 4.69) is 22.3 Å². The molecule has 4 rings (SSSR count). The van der Waals surface area contributed by atoms with E-state index < -0.39 is 6.10 Å². The number of anilines is 1. The van der Waals surface area contributed by atoms with Crippen molar-refractivity contribution in [3.8, 4) is 5.75 Å². The van der Waals surface area contributed by atoms with Crippen molar-refractivity contribution >= 4 is 17.5 Å². The number of ether oxygens (including phenoxy) is 2. The second-order valence-corrected chi connectivity index (χ2v) is 7.85. The van der Waals surface area contributed by atoms with Crippen LogP contribution in [0.1, 0.15) is 24.9 Å². The molecule has 2 aromatic carbocycles. The van der Waals surface area contributed by atoms with E-state index in [0.29, 0.717) is 37.7 Å². The molecule has 1 N–H and O–H groups in total. The highest BCUT2D eigenvalue weighted by atomic mass is 16.5.